The Morgan fingerprint density at radius 3 is 2.07 bits per heavy atom. The van der Waals surface area contributed by atoms with Crippen LogP contribution < -0.4 is 5.32 Å². The van der Waals surface area contributed by atoms with Crippen LogP contribution in [-0.4, -0.2) is 39.1 Å². The zero-order chi connectivity index (χ0) is 21.3. The highest BCUT2D eigenvalue weighted by Gasteiger charge is 2.14. The second kappa shape index (κ2) is 8.98. The van der Waals surface area contributed by atoms with E-state index in [1.807, 2.05) is 12.1 Å². The second-order valence-corrected chi connectivity index (χ2v) is 9.20. The quantitative estimate of drug-likeness (QED) is 0.201. The summed E-state index contributed by atoms with van der Waals surface area (Å²) >= 11 is 7.11. The van der Waals surface area contributed by atoms with Crippen LogP contribution in [0.2, 0.25) is 0 Å². The van der Waals surface area contributed by atoms with Crippen molar-refractivity contribution in [2.45, 2.75) is 19.1 Å². The number of hydrogen-bond acceptors (Lipinski definition) is 4. The molecule has 3 aromatic carbocycles. The van der Waals surface area contributed by atoms with E-state index in [0.717, 1.165) is 36.3 Å². The zero-order valence-electron chi connectivity index (χ0n) is 16.1. The third-order valence-electron chi connectivity index (χ3n) is 5.19. The Morgan fingerprint density at radius 1 is 0.833 bits per heavy atom. The second-order valence-electron chi connectivity index (χ2n) is 7.36. The van der Waals surface area contributed by atoms with Crippen molar-refractivity contribution in [3.8, 4) is 11.5 Å². The van der Waals surface area contributed by atoms with Gasteiger partial charge in [0.1, 0.15) is 0 Å². The molecule has 4 N–H and O–H groups in total. The lowest BCUT2D eigenvalue weighted by molar-refractivity contribution is 0.154. The van der Waals surface area contributed by atoms with E-state index >= 15 is 0 Å². The molecule has 1 heterocycles. The van der Waals surface area contributed by atoms with Gasteiger partial charge in [0.05, 0.1) is 12.6 Å². The third-order valence-corrected chi connectivity index (χ3v) is 6.18. The summed E-state index contributed by atoms with van der Waals surface area (Å²) in [6, 6.07) is 17.2. The molecule has 30 heavy (non-hydrogen) atoms. The number of hydrogen-bond donors (Lipinski definition) is 4. The van der Waals surface area contributed by atoms with Crippen LogP contribution in [0.5, 0.6) is 11.5 Å². The Hall–Kier alpha value is -2.06. The molecular formula is C23H22Br2N2O3. The maximum absolute atomic E-state index is 10.7. The third kappa shape index (κ3) is 4.49. The molecule has 0 bridgehead atoms. The van der Waals surface area contributed by atoms with Gasteiger partial charge in [-0.2, -0.15) is 0 Å². The van der Waals surface area contributed by atoms with Gasteiger partial charge in [0.25, 0.3) is 0 Å². The summed E-state index contributed by atoms with van der Waals surface area (Å²) in [5.41, 5.74) is 3.10. The molecule has 0 saturated carbocycles. The van der Waals surface area contributed by atoms with Crippen molar-refractivity contribution in [2.24, 2.45) is 0 Å². The first-order valence-electron chi connectivity index (χ1n) is 9.69. The van der Waals surface area contributed by atoms with Crippen molar-refractivity contribution in [1.29, 1.82) is 0 Å². The average Bonchev–Trinajstić information content (AvgIpc) is 3.00. The molecular weight excluding hydrogens is 512 g/mol. The largest absolute Gasteiger partial charge is 0.504 e. The average molecular weight is 534 g/mol. The predicted molar refractivity (Wildman–Crippen MR) is 127 cm³/mol. The number of fused-ring (bicyclic) bond motifs is 3. The van der Waals surface area contributed by atoms with E-state index in [1.54, 1.807) is 12.1 Å². The highest BCUT2D eigenvalue weighted by Crippen LogP contribution is 2.33. The van der Waals surface area contributed by atoms with E-state index in [9.17, 15) is 15.3 Å². The molecule has 0 amide bonds. The number of aliphatic hydroxyl groups is 1. The molecule has 0 aliphatic carbocycles. The zero-order valence-corrected chi connectivity index (χ0v) is 19.3. The van der Waals surface area contributed by atoms with Crippen molar-refractivity contribution in [2.75, 3.05) is 13.1 Å². The molecule has 156 valence electrons. The predicted octanol–water partition coefficient (Wildman–Crippen LogP) is 4.92. The molecule has 0 aliphatic rings. The first kappa shape index (κ1) is 21.2. The van der Waals surface area contributed by atoms with Crippen molar-refractivity contribution in [1.82, 2.24) is 9.88 Å². The minimum atomic E-state index is -0.552. The van der Waals surface area contributed by atoms with Gasteiger partial charge in [-0.25, -0.2) is 0 Å². The number of aromatic hydroxyl groups is 2. The van der Waals surface area contributed by atoms with E-state index in [2.05, 4.69) is 66.0 Å². The number of nitrogens with one attached hydrogen (secondary N) is 1. The van der Waals surface area contributed by atoms with Crippen LogP contribution in [0.1, 0.15) is 5.56 Å². The summed E-state index contributed by atoms with van der Waals surface area (Å²) in [4.78, 5) is 0. The minimum Gasteiger partial charge on any atom is -0.504 e. The Balaban J connectivity index is 1.45. The Bertz CT molecular complexity index is 1150. The summed E-state index contributed by atoms with van der Waals surface area (Å²) < 4.78 is 4.21. The Kier molecular flexibility index (Phi) is 6.34. The fourth-order valence-electron chi connectivity index (χ4n) is 3.75. The fraction of sp³-hybridized carbons (Fsp3) is 0.217. The van der Waals surface area contributed by atoms with Crippen LogP contribution in [0.25, 0.3) is 21.8 Å². The van der Waals surface area contributed by atoms with Crippen molar-refractivity contribution >= 4 is 53.7 Å². The van der Waals surface area contributed by atoms with Crippen LogP contribution >= 0.6 is 31.9 Å². The molecule has 0 aliphatic heterocycles. The monoisotopic (exact) mass is 532 g/mol. The standard InChI is InChI=1S/C23H22Br2N2O3/c24-15-2-4-20-18(10-15)19-11-16(25)3-5-21(19)27(20)13-17(28)12-26-8-7-14-1-6-22(29)23(30)9-14/h1-6,9-11,17,26,28-30H,7-8,12-13H2. The van der Waals surface area contributed by atoms with Crippen LogP contribution in [0.15, 0.2) is 63.5 Å². The minimum absolute atomic E-state index is 0.114. The van der Waals surface area contributed by atoms with Crippen LogP contribution in [0, 0.1) is 0 Å². The number of aliphatic hydroxyl groups excluding tert-OH is 1. The molecule has 0 spiro atoms. The van der Waals surface area contributed by atoms with Crippen LogP contribution in [-0.2, 0) is 13.0 Å². The van der Waals surface area contributed by atoms with Crippen molar-refractivity contribution in [3.05, 3.63) is 69.1 Å². The smallest absolute Gasteiger partial charge is 0.157 e. The van der Waals surface area contributed by atoms with Gasteiger partial charge < -0.3 is 25.2 Å². The van der Waals surface area contributed by atoms with Crippen molar-refractivity contribution < 1.29 is 15.3 Å². The number of phenolic OH excluding ortho intramolecular Hbond substituents is 2. The molecule has 1 aromatic heterocycles. The van der Waals surface area contributed by atoms with E-state index in [4.69, 9.17) is 0 Å². The fourth-order valence-corrected chi connectivity index (χ4v) is 4.47. The van der Waals surface area contributed by atoms with Gasteiger partial charge in [-0.05, 0) is 67.1 Å². The summed E-state index contributed by atoms with van der Waals surface area (Å²) in [6.45, 7) is 1.60. The van der Waals surface area contributed by atoms with Gasteiger partial charge in [-0.1, -0.05) is 37.9 Å². The molecule has 0 saturated heterocycles. The number of rotatable bonds is 7. The van der Waals surface area contributed by atoms with E-state index in [0.29, 0.717) is 26.1 Å². The topological polar surface area (TPSA) is 77.6 Å². The molecule has 5 nitrogen and oxygen atoms in total. The van der Waals surface area contributed by atoms with Gasteiger partial charge in [0.15, 0.2) is 11.5 Å². The van der Waals surface area contributed by atoms with Crippen LogP contribution in [0.4, 0.5) is 0 Å². The number of phenols is 2. The van der Waals surface area contributed by atoms with Gasteiger partial charge >= 0.3 is 0 Å². The summed E-state index contributed by atoms with van der Waals surface area (Å²) in [5, 5.41) is 35.2. The van der Waals surface area contributed by atoms with E-state index < -0.39 is 6.10 Å². The molecule has 7 heteroatoms. The highest BCUT2D eigenvalue weighted by atomic mass is 79.9. The lowest BCUT2D eigenvalue weighted by atomic mass is 10.1. The molecule has 1 unspecified atom stereocenters. The van der Waals surface area contributed by atoms with E-state index in [-0.39, 0.29) is 11.5 Å². The molecule has 0 fully saturated rings. The first-order chi connectivity index (χ1) is 14.4. The molecule has 4 aromatic rings. The highest BCUT2D eigenvalue weighted by molar-refractivity contribution is 9.10. The maximum Gasteiger partial charge on any atom is 0.157 e. The van der Waals surface area contributed by atoms with Gasteiger partial charge in [0.2, 0.25) is 0 Å². The van der Waals surface area contributed by atoms with Gasteiger partial charge in [-0.3, -0.25) is 0 Å². The van der Waals surface area contributed by atoms with Crippen LogP contribution in [0.3, 0.4) is 0 Å². The molecule has 1 atom stereocenters. The normalized spacial score (nSPS) is 12.6. The van der Waals surface area contributed by atoms with E-state index in [1.165, 1.54) is 6.07 Å². The van der Waals surface area contributed by atoms with Crippen molar-refractivity contribution in [3.63, 3.8) is 0 Å². The number of benzene rings is 3. The molecule has 0 radical (unpaired) electrons. The Labute approximate surface area is 191 Å². The maximum atomic E-state index is 10.7. The summed E-state index contributed by atoms with van der Waals surface area (Å²) in [5.74, 6) is -0.232. The Morgan fingerprint density at radius 2 is 1.47 bits per heavy atom. The van der Waals surface area contributed by atoms with Gasteiger partial charge in [-0.15, -0.1) is 0 Å². The first-order valence-corrected chi connectivity index (χ1v) is 11.3. The number of nitrogens with zero attached hydrogens (tertiary/aromatic N) is 1. The summed E-state index contributed by atoms with van der Waals surface area (Å²) in [7, 11) is 0. The lowest BCUT2D eigenvalue weighted by Gasteiger charge is -2.15. The summed E-state index contributed by atoms with van der Waals surface area (Å²) in [6.07, 6.45) is 0.141. The lowest BCUT2D eigenvalue weighted by Crippen LogP contribution is -2.31. The SMILES string of the molecule is Oc1ccc(CCNCC(O)Cn2c3ccc(Br)cc3c3cc(Br)ccc32)cc1O. The number of halogens is 2. The number of aromatic nitrogens is 1. The van der Waals surface area contributed by atoms with Gasteiger partial charge in [0, 0.05) is 37.3 Å². The molecule has 4 rings (SSSR count).